The Bertz CT molecular complexity index is 927. The third-order valence-electron chi connectivity index (χ3n) is 4.41. The highest BCUT2D eigenvalue weighted by Crippen LogP contribution is 2.34. The van der Waals surface area contributed by atoms with Crippen LogP contribution in [-0.4, -0.2) is 55.8 Å². The second-order valence-electron chi connectivity index (χ2n) is 6.66. The maximum absolute atomic E-state index is 13.1. The number of benzene rings is 1. The second-order valence-corrected chi connectivity index (χ2v) is 8.60. The van der Waals surface area contributed by atoms with Crippen molar-refractivity contribution in [2.75, 3.05) is 32.9 Å². The molecule has 0 saturated carbocycles. The van der Waals surface area contributed by atoms with Crippen molar-refractivity contribution in [1.29, 1.82) is 0 Å². The third-order valence-corrected chi connectivity index (χ3v) is 6.27. The standard InChI is InChI=1S/C17H21N3O6S/c1-11(2)16-18-19-17(26-16)15-10-20(5-6-23-15)27(21,22)12-3-4-13-14(9-12)25-8-7-24-13/h3-4,9,11,15H,5-8,10H2,1-2H3/t15-/m1/s1. The van der Waals surface area contributed by atoms with Gasteiger partial charge in [-0.3, -0.25) is 0 Å². The van der Waals surface area contributed by atoms with Crippen LogP contribution in [0.2, 0.25) is 0 Å². The summed E-state index contributed by atoms with van der Waals surface area (Å²) in [6, 6.07) is 4.64. The van der Waals surface area contributed by atoms with Gasteiger partial charge in [-0.1, -0.05) is 13.8 Å². The minimum absolute atomic E-state index is 0.0902. The maximum atomic E-state index is 13.1. The molecule has 3 heterocycles. The molecular weight excluding hydrogens is 374 g/mol. The molecule has 2 aliphatic rings. The summed E-state index contributed by atoms with van der Waals surface area (Å²) in [5.41, 5.74) is 0. The van der Waals surface area contributed by atoms with E-state index in [2.05, 4.69) is 10.2 Å². The van der Waals surface area contributed by atoms with Gasteiger partial charge in [0, 0.05) is 25.1 Å². The van der Waals surface area contributed by atoms with Gasteiger partial charge in [-0.05, 0) is 12.1 Å². The van der Waals surface area contributed by atoms with Gasteiger partial charge in [-0.25, -0.2) is 8.42 Å². The van der Waals surface area contributed by atoms with Gasteiger partial charge in [0.1, 0.15) is 19.3 Å². The summed E-state index contributed by atoms with van der Waals surface area (Å²) in [5.74, 6) is 1.87. The average molecular weight is 395 g/mol. The van der Waals surface area contributed by atoms with Crippen molar-refractivity contribution in [3.63, 3.8) is 0 Å². The van der Waals surface area contributed by atoms with Crippen molar-refractivity contribution in [2.24, 2.45) is 0 Å². The molecule has 1 saturated heterocycles. The van der Waals surface area contributed by atoms with Crippen molar-refractivity contribution < 1.29 is 27.0 Å². The highest BCUT2D eigenvalue weighted by Gasteiger charge is 2.34. The van der Waals surface area contributed by atoms with E-state index < -0.39 is 16.1 Å². The molecule has 0 N–H and O–H groups in total. The van der Waals surface area contributed by atoms with E-state index in [9.17, 15) is 8.42 Å². The highest BCUT2D eigenvalue weighted by atomic mass is 32.2. The van der Waals surface area contributed by atoms with Crippen LogP contribution in [0.5, 0.6) is 11.5 Å². The zero-order valence-electron chi connectivity index (χ0n) is 15.1. The number of aromatic nitrogens is 2. The number of rotatable bonds is 4. The van der Waals surface area contributed by atoms with Gasteiger partial charge >= 0.3 is 0 Å². The summed E-state index contributed by atoms with van der Waals surface area (Å²) in [7, 11) is -3.72. The molecule has 2 aliphatic heterocycles. The average Bonchev–Trinajstić information content (AvgIpc) is 3.18. The number of fused-ring (bicyclic) bond motifs is 1. The SMILES string of the molecule is CC(C)c1nnc([C@H]2CN(S(=O)(=O)c3ccc4c(c3)OCCO4)CCO2)o1. The molecule has 2 aromatic rings. The lowest BCUT2D eigenvalue weighted by Gasteiger charge is -2.30. The molecule has 1 aromatic heterocycles. The molecular formula is C17H21N3O6S. The number of hydrogen-bond donors (Lipinski definition) is 0. The van der Waals surface area contributed by atoms with Gasteiger partial charge in [0.05, 0.1) is 11.5 Å². The highest BCUT2D eigenvalue weighted by molar-refractivity contribution is 7.89. The second kappa shape index (κ2) is 7.10. The quantitative estimate of drug-likeness (QED) is 0.771. The first-order valence-corrected chi connectivity index (χ1v) is 10.2. The smallest absolute Gasteiger partial charge is 0.246 e. The first-order valence-electron chi connectivity index (χ1n) is 8.80. The Morgan fingerprint density at radius 3 is 2.63 bits per heavy atom. The van der Waals surface area contributed by atoms with Crippen molar-refractivity contribution in [2.45, 2.75) is 30.8 Å². The van der Waals surface area contributed by atoms with E-state index >= 15 is 0 Å². The summed E-state index contributed by atoms with van der Waals surface area (Å²) in [6.07, 6.45) is -0.592. The van der Waals surface area contributed by atoms with E-state index in [1.807, 2.05) is 13.8 Å². The van der Waals surface area contributed by atoms with Gasteiger partial charge in [0.2, 0.25) is 21.8 Å². The molecule has 0 amide bonds. The zero-order valence-corrected chi connectivity index (χ0v) is 15.9. The fourth-order valence-electron chi connectivity index (χ4n) is 2.94. The van der Waals surface area contributed by atoms with Gasteiger partial charge < -0.3 is 18.6 Å². The van der Waals surface area contributed by atoms with Crippen molar-refractivity contribution in [1.82, 2.24) is 14.5 Å². The lowest BCUT2D eigenvalue weighted by atomic mass is 10.2. The van der Waals surface area contributed by atoms with Gasteiger partial charge in [-0.15, -0.1) is 10.2 Å². The molecule has 0 bridgehead atoms. The first-order chi connectivity index (χ1) is 12.9. The molecule has 1 aromatic carbocycles. The Labute approximate surface area is 157 Å². The predicted octanol–water partition coefficient (Wildman–Crippen LogP) is 1.73. The fraction of sp³-hybridized carbons (Fsp3) is 0.529. The molecule has 0 radical (unpaired) electrons. The van der Waals surface area contributed by atoms with Crippen molar-refractivity contribution in [3.8, 4) is 11.5 Å². The molecule has 146 valence electrons. The van der Waals surface area contributed by atoms with Crippen LogP contribution in [0.4, 0.5) is 0 Å². The van der Waals surface area contributed by atoms with Gasteiger partial charge in [-0.2, -0.15) is 4.31 Å². The number of ether oxygens (including phenoxy) is 3. The van der Waals surface area contributed by atoms with E-state index in [-0.39, 0.29) is 30.5 Å². The Morgan fingerprint density at radius 1 is 1.11 bits per heavy atom. The van der Waals surface area contributed by atoms with Crippen LogP contribution in [-0.2, 0) is 14.8 Å². The lowest BCUT2D eigenvalue weighted by molar-refractivity contribution is -0.0179. The van der Waals surface area contributed by atoms with E-state index in [4.69, 9.17) is 18.6 Å². The predicted molar refractivity (Wildman–Crippen MR) is 93.3 cm³/mol. The van der Waals surface area contributed by atoms with E-state index in [0.717, 1.165) is 0 Å². The largest absolute Gasteiger partial charge is 0.486 e. The zero-order chi connectivity index (χ0) is 19.0. The summed E-state index contributed by atoms with van der Waals surface area (Å²) < 4.78 is 49.7. The molecule has 0 spiro atoms. The molecule has 1 atom stereocenters. The monoisotopic (exact) mass is 395 g/mol. The van der Waals surface area contributed by atoms with Crippen LogP contribution in [0.25, 0.3) is 0 Å². The van der Waals surface area contributed by atoms with Crippen LogP contribution >= 0.6 is 0 Å². The topological polar surface area (TPSA) is 104 Å². The maximum Gasteiger partial charge on any atom is 0.246 e. The Kier molecular flexibility index (Phi) is 4.79. The minimum atomic E-state index is -3.72. The van der Waals surface area contributed by atoms with Crippen LogP contribution in [0.3, 0.4) is 0 Å². The number of sulfonamides is 1. The Hall–Kier alpha value is -2.17. The molecule has 0 aliphatic carbocycles. The Balaban J connectivity index is 1.56. The van der Waals surface area contributed by atoms with E-state index in [1.54, 1.807) is 6.07 Å². The molecule has 27 heavy (non-hydrogen) atoms. The number of morpholine rings is 1. The van der Waals surface area contributed by atoms with Gasteiger partial charge in [0.15, 0.2) is 11.5 Å². The van der Waals surface area contributed by atoms with Crippen LogP contribution in [0.15, 0.2) is 27.5 Å². The van der Waals surface area contributed by atoms with Crippen LogP contribution < -0.4 is 9.47 Å². The molecule has 9 nitrogen and oxygen atoms in total. The number of hydrogen-bond acceptors (Lipinski definition) is 8. The normalized spacial score (nSPS) is 20.8. The molecule has 0 unspecified atom stereocenters. The fourth-order valence-corrected chi connectivity index (χ4v) is 4.38. The summed E-state index contributed by atoms with van der Waals surface area (Å²) >= 11 is 0. The lowest BCUT2D eigenvalue weighted by Crippen LogP contribution is -2.42. The number of nitrogens with zero attached hydrogens (tertiary/aromatic N) is 3. The first kappa shape index (κ1) is 18.2. The molecule has 4 rings (SSSR count). The van der Waals surface area contributed by atoms with Crippen molar-refractivity contribution in [3.05, 3.63) is 30.0 Å². The van der Waals surface area contributed by atoms with Crippen LogP contribution in [0.1, 0.15) is 37.7 Å². The molecule has 1 fully saturated rings. The Morgan fingerprint density at radius 2 is 1.89 bits per heavy atom. The van der Waals surface area contributed by atoms with Crippen LogP contribution in [0, 0.1) is 0 Å². The summed E-state index contributed by atoms with van der Waals surface area (Å²) in [6.45, 7) is 5.33. The third kappa shape index (κ3) is 3.52. The summed E-state index contributed by atoms with van der Waals surface area (Å²) in [5, 5.41) is 8.00. The van der Waals surface area contributed by atoms with Gasteiger partial charge in [0.25, 0.3) is 0 Å². The summed E-state index contributed by atoms with van der Waals surface area (Å²) in [4.78, 5) is 0.154. The minimum Gasteiger partial charge on any atom is -0.486 e. The van der Waals surface area contributed by atoms with Crippen molar-refractivity contribution >= 4 is 10.0 Å². The van der Waals surface area contributed by atoms with E-state index in [1.165, 1.54) is 16.4 Å². The molecule has 10 heteroatoms. The van der Waals surface area contributed by atoms with E-state index in [0.29, 0.717) is 36.5 Å².